The van der Waals surface area contributed by atoms with Crippen molar-refractivity contribution >= 4 is 15.5 Å². The smallest absolute Gasteiger partial charge is 0.258 e. The maximum atomic E-state index is 11.1. The Morgan fingerprint density at radius 3 is 2.25 bits per heavy atom. The van der Waals surface area contributed by atoms with E-state index in [4.69, 9.17) is 0 Å². The molecule has 1 rings (SSSR count). The first-order valence-corrected chi connectivity index (χ1v) is 6.69. The molecule has 0 heterocycles. The van der Waals surface area contributed by atoms with Crippen LogP contribution in [-0.2, 0) is 15.6 Å². The first-order chi connectivity index (χ1) is 7.20. The fourth-order valence-electron chi connectivity index (χ4n) is 1.52. The van der Waals surface area contributed by atoms with Gasteiger partial charge in [0.1, 0.15) is 0 Å². The predicted octanol–water partition coefficient (Wildman–Crippen LogP) is 1.76. The van der Waals surface area contributed by atoms with Gasteiger partial charge in [-0.2, -0.15) is 0 Å². The van der Waals surface area contributed by atoms with Crippen LogP contribution in [0.4, 0.5) is 5.69 Å². The third-order valence-electron chi connectivity index (χ3n) is 2.27. The van der Waals surface area contributed by atoms with Gasteiger partial charge in [0, 0.05) is 17.9 Å². The van der Waals surface area contributed by atoms with E-state index in [1.54, 1.807) is 19.9 Å². The van der Waals surface area contributed by atoms with E-state index in [-0.39, 0.29) is 11.4 Å². The van der Waals surface area contributed by atoms with Crippen LogP contribution < -0.4 is 0 Å². The molecule has 0 aliphatic rings. The Bertz CT molecular complexity index is 534. The SMILES string of the molecule is Cc1cc(C)c([N+](=O)[O-])cc1CS(C)(=O)=O. The van der Waals surface area contributed by atoms with Crippen LogP contribution in [0.3, 0.4) is 0 Å². The Morgan fingerprint density at radius 1 is 1.25 bits per heavy atom. The average Bonchev–Trinajstić information content (AvgIpc) is 2.07. The number of nitro groups is 1. The van der Waals surface area contributed by atoms with E-state index in [2.05, 4.69) is 0 Å². The van der Waals surface area contributed by atoms with Crippen LogP contribution in [0.5, 0.6) is 0 Å². The van der Waals surface area contributed by atoms with E-state index in [0.717, 1.165) is 11.8 Å². The monoisotopic (exact) mass is 243 g/mol. The fourth-order valence-corrected chi connectivity index (χ4v) is 2.39. The molecule has 0 unspecified atom stereocenters. The molecule has 88 valence electrons. The molecule has 5 nitrogen and oxygen atoms in total. The van der Waals surface area contributed by atoms with Crippen LogP contribution in [0.2, 0.25) is 0 Å². The van der Waals surface area contributed by atoms with Crippen molar-refractivity contribution in [3.05, 3.63) is 38.9 Å². The summed E-state index contributed by atoms with van der Waals surface area (Å²) in [7, 11) is -3.18. The first-order valence-electron chi connectivity index (χ1n) is 4.63. The molecule has 0 aliphatic heterocycles. The summed E-state index contributed by atoms with van der Waals surface area (Å²) in [5, 5.41) is 10.7. The largest absolute Gasteiger partial charge is 0.272 e. The van der Waals surface area contributed by atoms with Gasteiger partial charge >= 0.3 is 0 Å². The molecule has 0 saturated heterocycles. The highest BCUT2D eigenvalue weighted by Crippen LogP contribution is 2.23. The maximum Gasteiger partial charge on any atom is 0.272 e. The summed E-state index contributed by atoms with van der Waals surface area (Å²) in [6.07, 6.45) is 1.11. The molecular formula is C10H13NO4S. The Morgan fingerprint density at radius 2 is 1.81 bits per heavy atom. The third-order valence-corrected chi connectivity index (χ3v) is 3.10. The van der Waals surface area contributed by atoms with Crippen molar-refractivity contribution in [1.82, 2.24) is 0 Å². The van der Waals surface area contributed by atoms with Crippen LogP contribution >= 0.6 is 0 Å². The van der Waals surface area contributed by atoms with Gasteiger partial charge in [-0.25, -0.2) is 8.42 Å². The van der Waals surface area contributed by atoms with E-state index in [9.17, 15) is 18.5 Å². The zero-order valence-electron chi connectivity index (χ0n) is 9.35. The molecule has 0 saturated carbocycles. The number of aryl methyl sites for hydroxylation is 2. The number of benzene rings is 1. The molecule has 16 heavy (non-hydrogen) atoms. The summed E-state index contributed by atoms with van der Waals surface area (Å²) in [4.78, 5) is 10.2. The van der Waals surface area contributed by atoms with Crippen LogP contribution in [0.1, 0.15) is 16.7 Å². The zero-order chi connectivity index (χ0) is 12.5. The molecule has 1 aromatic carbocycles. The summed E-state index contributed by atoms with van der Waals surface area (Å²) in [5.41, 5.74) is 1.75. The van der Waals surface area contributed by atoms with E-state index in [0.29, 0.717) is 11.1 Å². The van der Waals surface area contributed by atoms with Crippen molar-refractivity contribution in [3.8, 4) is 0 Å². The predicted molar refractivity (Wildman–Crippen MR) is 61.1 cm³/mol. The van der Waals surface area contributed by atoms with E-state index in [1.807, 2.05) is 0 Å². The van der Waals surface area contributed by atoms with Gasteiger partial charge in [0.25, 0.3) is 5.69 Å². The van der Waals surface area contributed by atoms with Crippen molar-refractivity contribution in [2.24, 2.45) is 0 Å². The van der Waals surface area contributed by atoms with Gasteiger partial charge in [-0.15, -0.1) is 0 Å². The standard InChI is InChI=1S/C10H13NO4S/c1-7-4-8(2)10(11(12)13)5-9(7)6-16(3,14)15/h4-5H,6H2,1-3H3. The van der Waals surface area contributed by atoms with Crippen LogP contribution in [0.25, 0.3) is 0 Å². The molecule has 0 aromatic heterocycles. The minimum atomic E-state index is -3.18. The Labute approximate surface area is 94.2 Å². The highest BCUT2D eigenvalue weighted by atomic mass is 32.2. The third kappa shape index (κ3) is 3.03. The molecule has 0 radical (unpaired) electrons. The zero-order valence-corrected chi connectivity index (χ0v) is 10.2. The van der Waals surface area contributed by atoms with Gasteiger partial charge in [0.15, 0.2) is 9.84 Å². The number of hydrogen-bond donors (Lipinski definition) is 0. The Balaban J connectivity index is 3.31. The maximum absolute atomic E-state index is 11.1. The Kier molecular flexibility index (Phi) is 3.32. The lowest BCUT2D eigenvalue weighted by molar-refractivity contribution is -0.385. The molecule has 0 fully saturated rings. The van der Waals surface area contributed by atoms with Gasteiger partial charge in [-0.3, -0.25) is 10.1 Å². The minimum Gasteiger partial charge on any atom is -0.258 e. The lowest BCUT2D eigenvalue weighted by atomic mass is 10.1. The molecule has 0 spiro atoms. The number of rotatable bonds is 3. The highest BCUT2D eigenvalue weighted by Gasteiger charge is 2.15. The molecule has 0 bridgehead atoms. The average molecular weight is 243 g/mol. The Hall–Kier alpha value is -1.43. The van der Waals surface area contributed by atoms with Crippen LogP contribution in [0.15, 0.2) is 12.1 Å². The van der Waals surface area contributed by atoms with Gasteiger partial charge in [0.2, 0.25) is 0 Å². The van der Waals surface area contributed by atoms with Crippen molar-refractivity contribution in [3.63, 3.8) is 0 Å². The summed E-state index contributed by atoms with van der Waals surface area (Å²) < 4.78 is 22.3. The van der Waals surface area contributed by atoms with Gasteiger partial charge in [0.05, 0.1) is 10.7 Å². The van der Waals surface area contributed by atoms with E-state index in [1.165, 1.54) is 6.07 Å². The van der Waals surface area contributed by atoms with Crippen LogP contribution in [-0.4, -0.2) is 19.6 Å². The lowest BCUT2D eigenvalue weighted by Crippen LogP contribution is -2.04. The summed E-state index contributed by atoms with van der Waals surface area (Å²) >= 11 is 0. The van der Waals surface area contributed by atoms with E-state index >= 15 is 0 Å². The second-order valence-electron chi connectivity index (χ2n) is 3.89. The molecule has 0 N–H and O–H groups in total. The number of nitrogens with zero attached hydrogens (tertiary/aromatic N) is 1. The quantitative estimate of drug-likeness (QED) is 0.598. The normalized spacial score (nSPS) is 11.4. The second-order valence-corrected chi connectivity index (χ2v) is 6.03. The molecule has 1 aromatic rings. The number of hydrogen-bond acceptors (Lipinski definition) is 4. The molecule has 0 aliphatic carbocycles. The molecular weight excluding hydrogens is 230 g/mol. The van der Waals surface area contributed by atoms with Crippen molar-refractivity contribution in [1.29, 1.82) is 0 Å². The molecule has 0 atom stereocenters. The van der Waals surface area contributed by atoms with Gasteiger partial charge in [-0.1, -0.05) is 0 Å². The van der Waals surface area contributed by atoms with Gasteiger partial charge < -0.3 is 0 Å². The number of nitro benzene ring substituents is 1. The number of sulfone groups is 1. The van der Waals surface area contributed by atoms with Crippen molar-refractivity contribution in [2.75, 3.05) is 6.26 Å². The van der Waals surface area contributed by atoms with Crippen molar-refractivity contribution in [2.45, 2.75) is 19.6 Å². The minimum absolute atomic E-state index is 0.0377. The molecule has 6 heteroatoms. The first kappa shape index (κ1) is 12.6. The summed E-state index contributed by atoms with van der Waals surface area (Å²) in [5.74, 6) is -0.167. The summed E-state index contributed by atoms with van der Waals surface area (Å²) in [6, 6.07) is 2.98. The molecule has 0 amide bonds. The fraction of sp³-hybridized carbons (Fsp3) is 0.400. The van der Waals surface area contributed by atoms with Crippen molar-refractivity contribution < 1.29 is 13.3 Å². The summed E-state index contributed by atoms with van der Waals surface area (Å²) in [6.45, 7) is 3.38. The second kappa shape index (κ2) is 4.21. The highest BCUT2D eigenvalue weighted by molar-refractivity contribution is 7.89. The van der Waals surface area contributed by atoms with Gasteiger partial charge in [-0.05, 0) is 31.0 Å². The lowest BCUT2D eigenvalue weighted by Gasteiger charge is -2.06. The topological polar surface area (TPSA) is 77.3 Å². The van der Waals surface area contributed by atoms with E-state index < -0.39 is 14.8 Å². The van der Waals surface area contributed by atoms with Crippen LogP contribution in [0, 0.1) is 24.0 Å².